The minimum Gasteiger partial charge on any atom is -0.378 e. The molecule has 1 aliphatic rings. The van der Waals surface area contributed by atoms with E-state index >= 15 is 0 Å². The summed E-state index contributed by atoms with van der Waals surface area (Å²) in [5.74, 6) is 1.26. The lowest BCUT2D eigenvalue weighted by Gasteiger charge is -2.26. The molecular formula is C13H16N6OS. The number of hydrogen-bond acceptors (Lipinski definition) is 8. The van der Waals surface area contributed by atoms with E-state index in [0.29, 0.717) is 30.3 Å². The molecule has 0 amide bonds. The van der Waals surface area contributed by atoms with Crippen molar-refractivity contribution in [2.75, 3.05) is 43.6 Å². The Morgan fingerprint density at radius 3 is 2.62 bits per heavy atom. The number of nitrogens with one attached hydrogen (secondary N) is 1. The summed E-state index contributed by atoms with van der Waals surface area (Å²) in [6.07, 6.45) is 3.51. The van der Waals surface area contributed by atoms with Crippen LogP contribution >= 0.6 is 11.8 Å². The van der Waals surface area contributed by atoms with Gasteiger partial charge < -0.3 is 15.0 Å². The predicted octanol–water partition coefficient (Wildman–Crippen LogP) is 1.30. The van der Waals surface area contributed by atoms with Crippen molar-refractivity contribution in [3.8, 4) is 0 Å². The highest BCUT2D eigenvalue weighted by molar-refractivity contribution is 7.99. The first-order valence-electron chi connectivity index (χ1n) is 6.69. The molecule has 0 aromatic carbocycles. The van der Waals surface area contributed by atoms with Crippen LogP contribution in [0.3, 0.4) is 0 Å². The van der Waals surface area contributed by atoms with Gasteiger partial charge >= 0.3 is 0 Å². The van der Waals surface area contributed by atoms with Gasteiger partial charge in [0, 0.05) is 37.4 Å². The van der Waals surface area contributed by atoms with E-state index in [-0.39, 0.29) is 0 Å². The van der Waals surface area contributed by atoms with Gasteiger partial charge in [-0.15, -0.1) is 0 Å². The molecule has 0 bridgehead atoms. The van der Waals surface area contributed by atoms with Crippen LogP contribution in [0.5, 0.6) is 0 Å². The minimum absolute atomic E-state index is 0.572. The van der Waals surface area contributed by atoms with Gasteiger partial charge in [0.05, 0.1) is 13.2 Å². The summed E-state index contributed by atoms with van der Waals surface area (Å²) in [4.78, 5) is 20.5. The van der Waals surface area contributed by atoms with E-state index in [1.807, 2.05) is 12.1 Å². The Morgan fingerprint density at radius 1 is 1.14 bits per heavy atom. The number of anilines is 2. The molecule has 21 heavy (non-hydrogen) atoms. The van der Waals surface area contributed by atoms with Gasteiger partial charge in [-0.2, -0.15) is 15.0 Å². The summed E-state index contributed by atoms with van der Waals surface area (Å²) in [6.45, 7) is 3.00. The first-order valence-corrected chi connectivity index (χ1v) is 7.51. The van der Waals surface area contributed by atoms with Crippen LogP contribution in [0, 0.1) is 0 Å². The third-order valence-corrected chi connectivity index (χ3v) is 3.85. The van der Waals surface area contributed by atoms with E-state index in [2.05, 4.69) is 30.2 Å². The van der Waals surface area contributed by atoms with Gasteiger partial charge in [-0.05, 0) is 23.9 Å². The van der Waals surface area contributed by atoms with Crippen LogP contribution in [0.4, 0.5) is 11.9 Å². The molecule has 2 aromatic rings. The minimum atomic E-state index is 0.572. The monoisotopic (exact) mass is 304 g/mol. The van der Waals surface area contributed by atoms with E-state index in [1.54, 1.807) is 19.4 Å². The van der Waals surface area contributed by atoms with Gasteiger partial charge in [-0.1, -0.05) is 0 Å². The Kier molecular flexibility index (Phi) is 4.46. The van der Waals surface area contributed by atoms with Gasteiger partial charge in [0.2, 0.25) is 11.9 Å². The number of aromatic nitrogens is 4. The van der Waals surface area contributed by atoms with Crippen molar-refractivity contribution in [3.05, 3.63) is 24.5 Å². The van der Waals surface area contributed by atoms with Gasteiger partial charge in [0.1, 0.15) is 0 Å². The molecule has 3 heterocycles. The fourth-order valence-electron chi connectivity index (χ4n) is 1.92. The molecule has 1 saturated heterocycles. The number of morpholine rings is 1. The second-order valence-electron chi connectivity index (χ2n) is 4.38. The zero-order valence-electron chi connectivity index (χ0n) is 11.7. The van der Waals surface area contributed by atoms with Crippen LogP contribution in [0.1, 0.15) is 0 Å². The summed E-state index contributed by atoms with van der Waals surface area (Å²) >= 11 is 1.50. The van der Waals surface area contributed by atoms with Crippen LogP contribution < -0.4 is 10.2 Å². The number of nitrogens with zero attached hydrogens (tertiary/aromatic N) is 5. The van der Waals surface area contributed by atoms with E-state index in [9.17, 15) is 0 Å². The van der Waals surface area contributed by atoms with Gasteiger partial charge in [0.15, 0.2) is 5.16 Å². The molecular weight excluding hydrogens is 288 g/mol. The molecule has 8 heteroatoms. The molecule has 3 rings (SSSR count). The first-order chi connectivity index (χ1) is 10.3. The lowest BCUT2D eigenvalue weighted by atomic mass is 10.4. The molecule has 0 unspecified atom stereocenters. The van der Waals surface area contributed by atoms with E-state index < -0.39 is 0 Å². The molecule has 0 atom stereocenters. The molecule has 0 aliphatic carbocycles. The molecule has 7 nitrogen and oxygen atoms in total. The lowest BCUT2D eigenvalue weighted by molar-refractivity contribution is 0.122. The molecule has 110 valence electrons. The number of rotatable bonds is 4. The Hall–Kier alpha value is -1.93. The normalized spacial score (nSPS) is 15.0. The van der Waals surface area contributed by atoms with E-state index in [0.717, 1.165) is 18.0 Å². The number of pyridine rings is 1. The van der Waals surface area contributed by atoms with Crippen LogP contribution in [0.25, 0.3) is 0 Å². The predicted molar refractivity (Wildman–Crippen MR) is 80.8 cm³/mol. The smallest absolute Gasteiger partial charge is 0.231 e. The maximum Gasteiger partial charge on any atom is 0.231 e. The largest absolute Gasteiger partial charge is 0.378 e. The van der Waals surface area contributed by atoms with E-state index in [4.69, 9.17) is 4.74 Å². The fraction of sp³-hybridized carbons (Fsp3) is 0.385. The van der Waals surface area contributed by atoms with Crippen molar-refractivity contribution in [3.63, 3.8) is 0 Å². The average molecular weight is 304 g/mol. The van der Waals surface area contributed by atoms with Crippen molar-refractivity contribution in [1.82, 2.24) is 19.9 Å². The quantitative estimate of drug-likeness (QED) is 0.906. The second-order valence-corrected chi connectivity index (χ2v) is 5.42. The molecule has 0 saturated carbocycles. The molecule has 1 aliphatic heterocycles. The third kappa shape index (κ3) is 3.59. The van der Waals surface area contributed by atoms with Crippen molar-refractivity contribution >= 4 is 23.7 Å². The molecule has 1 N–H and O–H groups in total. The summed E-state index contributed by atoms with van der Waals surface area (Å²) < 4.78 is 5.36. The van der Waals surface area contributed by atoms with Crippen LogP contribution in [-0.2, 0) is 4.74 Å². The van der Waals surface area contributed by atoms with Crippen LogP contribution in [-0.4, -0.2) is 53.3 Å². The van der Waals surface area contributed by atoms with Gasteiger partial charge in [-0.3, -0.25) is 4.98 Å². The summed E-state index contributed by atoms with van der Waals surface area (Å²) in [5, 5.41) is 3.66. The van der Waals surface area contributed by atoms with E-state index in [1.165, 1.54) is 11.8 Å². The Bertz CT molecular complexity index is 590. The summed E-state index contributed by atoms with van der Waals surface area (Å²) in [5.41, 5.74) is 0. The first kappa shape index (κ1) is 14.0. The van der Waals surface area contributed by atoms with Crippen molar-refractivity contribution in [1.29, 1.82) is 0 Å². The molecule has 0 spiro atoms. The Balaban J connectivity index is 1.85. The molecule has 1 fully saturated rings. The maximum atomic E-state index is 5.36. The number of hydrogen-bond donors (Lipinski definition) is 1. The number of ether oxygens (including phenoxy) is 1. The zero-order valence-corrected chi connectivity index (χ0v) is 12.5. The second kappa shape index (κ2) is 6.68. The van der Waals surface area contributed by atoms with Crippen molar-refractivity contribution in [2.24, 2.45) is 0 Å². The lowest BCUT2D eigenvalue weighted by Crippen LogP contribution is -2.37. The fourth-order valence-corrected chi connectivity index (χ4v) is 2.65. The van der Waals surface area contributed by atoms with Crippen LogP contribution in [0.15, 0.2) is 34.6 Å². The summed E-state index contributed by atoms with van der Waals surface area (Å²) in [7, 11) is 1.80. The van der Waals surface area contributed by atoms with Gasteiger partial charge in [-0.25, -0.2) is 0 Å². The van der Waals surface area contributed by atoms with Crippen LogP contribution in [0.2, 0.25) is 0 Å². The Morgan fingerprint density at radius 2 is 1.90 bits per heavy atom. The highest BCUT2D eigenvalue weighted by Gasteiger charge is 2.16. The summed E-state index contributed by atoms with van der Waals surface area (Å²) in [6, 6.07) is 3.86. The van der Waals surface area contributed by atoms with Crippen molar-refractivity contribution < 1.29 is 4.74 Å². The van der Waals surface area contributed by atoms with Gasteiger partial charge in [0.25, 0.3) is 0 Å². The highest BCUT2D eigenvalue weighted by Crippen LogP contribution is 2.26. The molecule has 0 radical (unpaired) electrons. The van der Waals surface area contributed by atoms with Crippen molar-refractivity contribution in [2.45, 2.75) is 10.1 Å². The average Bonchev–Trinajstić information content (AvgIpc) is 2.56. The maximum absolute atomic E-state index is 5.36. The highest BCUT2D eigenvalue weighted by atomic mass is 32.2. The molecule has 2 aromatic heterocycles. The SMILES string of the molecule is CNc1nc(Sc2ccncc2)nc(N2CCOCC2)n1. The third-order valence-electron chi connectivity index (χ3n) is 2.98. The topological polar surface area (TPSA) is 76.1 Å². The Labute approximate surface area is 127 Å². The standard InChI is InChI=1S/C13H16N6OS/c1-14-11-16-12(19-6-8-20-9-7-19)18-13(17-11)21-10-2-4-15-5-3-10/h2-5H,6-9H2,1H3,(H,14,16,17,18). The zero-order chi connectivity index (χ0) is 14.5.